The molecule has 2 N–H and O–H groups in total. The van der Waals surface area contributed by atoms with E-state index in [9.17, 15) is 24.2 Å². The Bertz CT molecular complexity index is 590. The van der Waals surface area contributed by atoms with Crippen molar-refractivity contribution in [1.29, 1.82) is 0 Å². The van der Waals surface area contributed by atoms with Gasteiger partial charge in [-0.15, -0.1) is 0 Å². The zero-order valence-electron chi connectivity index (χ0n) is 12.2. The van der Waals surface area contributed by atoms with E-state index >= 15 is 0 Å². The SMILES string of the molecule is CS[C@H]1CC[C@@H](NC(=O)Nc2ccc(S(F)(F)(F)(F)F)cc2)C1. The van der Waals surface area contributed by atoms with Crippen molar-refractivity contribution in [2.45, 2.75) is 35.4 Å². The van der Waals surface area contributed by atoms with Crippen molar-refractivity contribution < 1.29 is 24.2 Å². The maximum absolute atomic E-state index is 12.6. The van der Waals surface area contributed by atoms with Gasteiger partial charge in [0, 0.05) is 17.0 Å². The second kappa shape index (κ2) is 5.44. The number of carbonyl (C=O) groups is 1. The second-order valence-electron chi connectivity index (χ2n) is 5.46. The van der Waals surface area contributed by atoms with Crippen LogP contribution in [0, 0.1) is 0 Å². The maximum Gasteiger partial charge on any atom is 0.319 e. The van der Waals surface area contributed by atoms with Crippen LogP contribution in [-0.2, 0) is 0 Å². The second-order valence-corrected chi connectivity index (χ2v) is 9.01. The van der Waals surface area contributed by atoms with Crippen LogP contribution in [0.4, 0.5) is 29.9 Å². The number of hydrogen-bond acceptors (Lipinski definition) is 2. The summed E-state index contributed by atoms with van der Waals surface area (Å²) in [6.07, 6.45) is 4.65. The van der Waals surface area contributed by atoms with Crippen LogP contribution in [0.3, 0.4) is 0 Å². The Balaban J connectivity index is 1.95. The summed E-state index contributed by atoms with van der Waals surface area (Å²) in [5.74, 6) is 0. The normalized spacial score (nSPS) is 24.6. The van der Waals surface area contributed by atoms with E-state index < -0.39 is 21.2 Å². The number of rotatable bonds is 4. The molecule has 132 valence electrons. The Labute approximate surface area is 135 Å². The molecular weight excluding hydrogens is 359 g/mol. The van der Waals surface area contributed by atoms with Gasteiger partial charge in [0.1, 0.15) is 4.90 Å². The Morgan fingerprint density at radius 2 is 1.74 bits per heavy atom. The number of urea groups is 1. The fraction of sp³-hybridized carbons (Fsp3) is 0.462. The Morgan fingerprint density at radius 3 is 2.22 bits per heavy atom. The first kappa shape index (κ1) is 18.2. The van der Waals surface area contributed by atoms with E-state index in [1.54, 1.807) is 11.8 Å². The van der Waals surface area contributed by atoms with Crippen molar-refractivity contribution in [3.8, 4) is 0 Å². The lowest BCUT2D eigenvalue weighted by molar-refractivity contribution is 0.248. The van der Waals surface area contributed by atoms with Crippen molar-refractivity contribution in [2.24, 2.45) is 0 Å². The fourth-order valence-electron chi connectivity index (χ4n) is 2.43. The molecule has 0 unspecified atom stereocenters. The lowest BCUT2D eigenvalue weighted by Gasteiger charge is -2.40. The first-order chi connectivity index (χ1) is 10.4. The van der Waals surface area contributed by atoms with E-state index in [1.165, 1.54) is 0 Å². The molecule has 2 amide bonds. The largest absolute Gasteiger partial charge is 0.335 e. The first-order valence-corrected chi connectivity index (χ1v) is 10.1. The van der Waals surface area contributed by atoms with Gasteiger partial charge in [0.2, 0.25) is 0 Å². The van der Waals surface area contributed by atoms with Gasteiger partial charge < -0.3 is 10.6 Å². The van der Waals surface area contributed by atoms with Gasteiger partial charge in [-0.3, -0.25) is 0 Å². The Kier molecular flexibility index (Phi) is 4.30. The molecular formula is C13H17F5N2OS2. The van der Waals surface area contributed by atoms with Crippen molar-refractivity contribution in [2.75, 3.05) is 11.6 Å². The van der Waals surface area contributed by atoms with Crippen LogP contribution in [0.1, 0.15) is 19.3 Å². The number of thioether (sulfide) groups is 1. The smallest absolute Gasteiger partial charge is 0.319 e. The quantitative estimate of drug-likeness (QED) is 0.657. The van der Waals surface area contributed by atoms with Crippen molar-refractivity contribution in [3.05, 3.63) is 24.3 Å². The fourth-order valence-corrected chi connectivity index (χ4v) is 3.88. The van der Waals surface area contributed by atoms with Crippen molar-refractivity contribution in [3.63, 3.8) is 0 Å². The number of nitrogens with one attached hydrogen (secondary N) is 2. The van der Waals surface area contributed by atoms with E-state index in [1.807, 2.05) is 6.26 Å². The highest BCUT2D eigenvalue weighted by Crippen LogP contribution is 3.02. The van der Waals surface area contributed by atoms with Crippen LogP contribution in [0.2, 0.25) is 0 Å². The molecule has 0 saturated heterocycles. The number of carbonyl (C=O) groups excluding carboxylic acids is 1. The van der Waals surface area contributed by atoms with E-state index in [-0.39, 0.29) is 23.9 Å². The monoisotopic (exact) mass is 376 g/mol. The molecule has 10 heteroatoms. The van der Waals surface area contributed by atoms with Gasteiger partial charge in [-0.2, -0.15) is 11.8 Å². The Hall–Kier alpha value is -1.16. The minimum atomic E-state index is -9.67. The lowest BCUT2D eigenvalue weighted by atomic mass is 10.2. The predicted octanol–water partition coefficient (Wildman–Crippen LogP) is 5.75. The summed E-state index contributed by atoms with van der Waals surface area (Å²) in [6, 6.07) is 1.62. The number of hydrogen-bond donors (Lipinski definition) is 2. The van der Waals surface area contributed by atoms with E-state index in [0.717, 1.165) is 31.4 Å². The summed E-state index contributed by atoms with van der Waals surface area (Å²) in [5.41, 5.74) is 0.0208. The molecule has 0 heterocycles. The van der Waals surface area contributed by atoms with Crippen LogP contribution < -0.4 is 10.6 Å². The van der Waals surface area contributed by atoms with Crippen molar-refractivity contribution in [1.82, 2.24) is 5.32 Å². The maximum atomic E-state index is 12.6. The highest BCUT2D eigenvalue weighted by atomic mass is 32.5. The lowest BCUT2D eigenvalue weighted by Crippen LogP contribution is -2.36. The van der Waals surface area contributed by atoms with Crippen LogP contribution in [0.15, 0.2) is 29.2 Å². The molecule has 1 saturated carbocycles. The zero-order valence-corrected chi connectivity index (χ0v) is 13.8. The van der Waals surface area contributed by atoms with E-state index in [4.69, 9.17) is 0 Å². The molecule has 2 rings (SSSR count). The van der Waals surface area contributed by atoms with Crippen LogP contribution in [0.5, 0.6) is 0 Å². The van der Waals surface area contributed by atoms with Gasteiger partial charge in [0.25, 0.3) is 0 Å². The minimum absolute atomic E-state index is 0.0106. The zero-order chi connectivity index (χ0) is 17.4. The van der Waals surface area contributed by atoms with Crippen molar-refractivity contribution >= 4 is 33.7 Å². The third-order valence-electron chi connectivity index (χ3n) is 3.61. The molecule has 1 aliphatic carbocycles. The van der Waals surface area contributed by atoms with Crippen LogP contribution >= 0.6 is 22.0 Å². The van der Waals surface area contributed by atoms with Gasteiger partial charge in [-0.25, -0.2) is 4.79 Å². The van der Waals surface area contributed by atoms with Gasteiger partial charge in [0.05, 0.1) is 0 Å². The van der Waals surface area contributed by atoms with E-state index in [0.29, 0.717) is 5.25 Å². The molecule has 2 atom stereocenters. The van der Waals surface area contributed by atoms with Gasteiger partial charge in [-0.05, 0) is 49.8 Å². The van der Waals surface area contributed by atoms with Gasteiger partial charge in [-0.1, -0.05) is 19.4 Å². The minimum Gasteiger partial charge on any atom is -0.335 e. The number of benzene rings is 1. The van der Waals surface area contributed by atoms with E-state index in [2.05, 4.69) is 10.6 Å². The summed E-state index contributed by atoms with van der Waals surface area (Å²) in [7, 11) is -9.67. The molecule has 1 aromatic carbocycles. The average Bonchev–Trinajstić information content (AvgIpc) is 2.84. The molecule has 1 fully saturated rings. The third-order valence-corrected chi connectivity index (χ3v) is 5.87. The van der Waals surface area contributed by atoms with Crippen LogP contribution in [0.25, 0.3) is 0 Å². The predicted molar refractivity (Wildman–Crippen MR) is 84.9 cm³/mol. The molecule has 0 aromatic heterocycles. The number of amides is 2. The molecule has 1 aliphatic rings. The number of halogens is 5. The number of anilines is 1. The highest BCUT2D eigenvalue weighted by molar-refractivity contribution is 8.45. The highest BCUT2D eigenvalue weighted by Gasteiger charge is 2.65. The molecule has 0 spiro atoms. The summed E-state index contributed by atoms with van der Waals surface area (Å²) in [6.45, 7) is 0. The summed E-state index contributed by atoms with van der Waals surface area (Å²) < 4.78 is 62.9. The average molecular weight is 376 g/mol. The van der Waals surface area contributed by atoms with Crippen LogP contribution in [-0.4, -0.2) is 23.6 Å². The van der Waals surface area contributed by atoms with Gasteiger partial charge >= 0.3 is 16.3 Å². The molecule has 1 aromatic rings. The third kappa shape index (κ3) is 5.17. The summed E-state index contributed by atoms with van der Waals surface area (Å²) in [5, 5.41) is 5.56. The molecule has 0 aliphatic heterocycles. The van der Waals surface area contributed by atoms with Gasteiger partial charge in [0.15, 0.2) is 0 Å². The molecule has 23 heavy (non-hydrogen) atoms. The molecule has 0 radical (unpaired) electrons. The summed E-state index contributed by atoms with van der Waals surface area (Å²) in [4.78, 5) is 9.80. The first-order valence-electron chi connectivity index (χ1n) is 6.82. The Morgan fingerprint density at radius 1 is 1.13 bits per heavy atom. The topological polar surface area (TPSA) is 41.1 Å². The summed E-state index contributed by atoms with van der Waals surface area (Å²) >= 11 is 1.72. The molecule has 0 bridgehead atoms. The molecule has 3 nitrogen and oxygen atoms in total. The standard InChI is InChI=1S/C13H17F5N2OS2/c1-22-11-5-2-10(8-11)20-13(21)19-9-3-6-12(7-4-9)23(14,15,16,17)18/h3-4,6-7,10-11H,2,5,8H2,1H3,(H2,19,20,21)/t10-,11+/m1/s1.